The van der Waals surface area contributed by atoms with Gasteiger partial charge in [0.2, 0.25) is 5.88 Å². The third kappa shape index (κ3) is 3.67. The van der Waals surface area contributed by atoms with Crippen LogP contribution in [0.1, 0.15) is 19.4 Å². The second-order valence-corrected chi connectivity index (χ2v) is 8.01. The van der Waals surface area contributed by atoms with Crippen molar-refractivity contribution in [2.24, 2.45) is 7.05 Å². The molecule has 0 fully saturated rings. The average Bonchev–Trinajstić information content (AvgIpc) is 3.13. The largest absolute Gasteiger partial charge is 0.481 e. The van der Waals surface area contributed by atoms with E-state index in [4.69, 9.17) is 4.74 Å². The molecule has 0 spiro atoms. The molecule has 160 valence electrons. The van der Waals surface area contributed by atoms with E-state index in [-0.39, 0.29) is 5.69 Å². The van der Waals surface area contributed by atoms with Gasteiger partial charge >= 0.3 is 5.69 Å². The van der Waals surface area contributed by atoms with E-state index in [1.807, 2.05) is 56.3 Å². The maximum atomic E-state index is 13.1. The molecule has 0 aliphatic rings. The summed E-state index contributed by atoms with van der Waals surface area (Å²) in [4.78, 5) is 21.9. The number of hydrogen-bond donors (Lipinski definition) is 0. The number of rotatable bonds is 5. The highest BCUT2D eigenvalue weighted by Gasteiger charge is 2.22. The van der Waals surface area contributed by atoms with E-state index in [1.165, 1.54) is 4.57 Å². The first-order chi connectivity index (χ1) is 15.4. The molecule has 0 saturated heterocycles. The van der Waals surface area contributed by atoms with Crippen LogP contribution in [0.15, 0.2) is 71.9 Å². The number of methoxy groups -OCH3 is 1. The average molecular weight is 425 g/mol. The van der Waals surface area contributed by atoms with E-state index >= 15 is 0 Å². The fourth-order valence-electron chi connectivity index (χ4n) is 3.58. The number of aryl methyl sites for hydroxylation is 1. The van der Waals surface area contributed by atoms with E-state index in [0.717, 1.165) is 16.7 Å². The van der Waals surface area contributed by atoms with E-state index < -0.39 is 5.41 Å². The lowest BCUT2D eigenvalue weighted by molar-refractivity contribution is 0.398. The van der Waals surface area contributed by atoms with Crippen LogP contribution in [0.4, 0.5) is 0 Å². The van der Waals surface area contributed by atoms with Crippen LogP contribution < -0.4 is 10.4 Å². The molecule has 0 aliphatic carbocycles. The van der Waals surface area contributed by atoms with Gasteiger partial charge in [0.15, 0.2) is 0 Å². The van der Waals surface area contributed by atoms with Crippen molar-refractivity contribution in [3.63, 3.8) is 0 Å². The van der Waals surface area contributed by atoms with Crippen LogP contribution >= 0.6 is 0 Å². The van der Waals surface area contributed by atoms with Crippen molar-refractivity contribution in [3.8, 4) is 40.2 Å². The lowest BCUT2D eigenvalue weighted by atomic mass is 9.86. The number of aromatic nitrogens is 4. The molecule has 7 heteroatoms. The Labute approximate surface area is 186 Å². The third-order valence-corrected chi connectivity index (χ3v) is 5.49. The van der Waals surface area contributed by atoms with Crippen molar-refractivity contribution >= 4 is 0 Å². The van der Waals surface area contributed by atoms with Crippen molar-refractivity contribution < 1.29 is 4.74 Å². The van der Waals surface area contributed by atoms with Gasteiger partial charge in [-0.05, 0) is 55.3 Å². The third-order valence-electron chi connectivity index (χ3n) is 5.49. The summed E-state index contributed by atoms with van der Waals surface area (Å²) in [6.07, 6.45) is 5.20. The monoisotopic (exact) mass is 425 g/mol. The fourth-order valence-corrected chi connectivity index (χ4v) is 3.58. The van der Waals surface area contributed by atoms with Crippen LogP contribution in [0.2, 0.25) is 0 Å². The van der Waals surface area contributed by atoms with Crippen LogP contribution in [0.3, 0.4) is 0 Å². The van der Waals surface area contributed by atoms with Crippen LogP contribution in [0.25, 0.3) is 28.2 Å². The van der Waals surface area contributed by atoms with Gasteiger partial charge in [0.1, 0.15) is 5.69 Å². The normalized spacial score (nSPS) is 11.2. The molecule has 0 unspecified atom stereocenters. The quantitative estimate of drug-likeness (QED) is 0.480. The molecule has 32 heavy (non-hydrogen) atoms. The summed E-state index contributed by atoms with van der Waals surface area (Å²) in [5, 5.41) is 9.43. The van der Waals surface area contributed by atoms with Crippen LogP contribution in [-0.4, -0.2) is 26.2 Å². The number of hydrogen-bond acceptors (Lipinski definition) is 5. The molecule has 0 bridgehead atoms. The van der Waals surface area contributed by atoms with Crippen molar-refractivity contribution in [3.05, 3.63) is 83.2 Å². The van der Waals surface area contributed by atoms with Gasteiger partial charge in [-0.1, -0.05) is 12.1 Å². The van der Waals surface area contributed by atoms with Crippen molar-refractivity contribution in [1.82, 2.24) is 19.1 Å². The Balaban J connectivity index is 1.94. The van der Waals surface area contributed by atoms with Gasteiger partial charge in [0.25, 0.3) is 0 Å². The predicted molar refractivity (Wildman–Crippen MR) is 123 cm³/mol. The Morgan fingerprint density at radius 3 is 2.34 bits per heavy atom. The number of benzene rings is 1. The van der Waals surface area contributed by atoms with Crippen LogP contribution in [0, 0.1) is 11.3 Å². The van der Waals surface area contributed by atoms with Gasteiger partial charge in [-0.2, -0.15) is 5.26 Å². The minimum absolute atomic E-state index is 0.197. The molecule has 0 amide bonds. The lowest BCUT2D eigenvalue weighted by Gasteiger charge is -2.17. The first-order valence-electron chi connectivity index (χ1n) is 10.1. The van der Waals surface area contributed by atoms with Crippen LogP contribution in [-0.2, 0) is 12.5 Å². The molecule has 7 nitrogen and oxygen atoms in total. The lowest BCUT2D eigenvalue weighted by Crippen LogP contribution is -2.21. The summed E-state index contributed by atoms with van der Waals surface area (Å²) in [6, 6.07) is 17.3. The Hall–Kier alpha value is -4.18. The van der Waals surface area contributed by atoms with Crippen molar-refractivity contribution in [2.45, 2.75) is 19.3 Å². The van der Waals surface area contributed by atoms with Gasteiger partial charge in [-0.3, -0.25) is 9.55 Å². The van der Waals surface area contributed by atoms with Gasteiger partial charge in [0.05, 0.1) is 30.0 Å². The Bertz CT molecular complexity index is 1360. The molecule has 0 aliphatic heterocycles. The SMILES string of the molecule is COc1ccc(-c2ccncc2)c(-c2cn(C)c(=O)n2-c2ccc(C(C)(C)C#N)cc2)n1. The second-order valence-electron chi connectivity index (χ2n) is 8.01. The van der Waals surface area contributed by atoms with Gasteiger partial charge < -0.3 is 9.30 Å². The molecule has 3 aromatic heterocycles. The summed E-state index contributed by atoms with van der Waals surface area (Å²) in [6.45, 7) is 3.73. The van der Waals surface area contributed by atoms with Gasteiger partial charge in [-0.15, -0.1) is 0 Å². The first kappa shape index (κ1) is 21.1. The molecule has 0 saturated carbocycles. The van der Waals surface area contributed by atoms with E-state index in [0.29, 0.717) is 23.0 Å². The Morgan fingerprint density at radius 2 is 1.72 bits per heavy atom. The first-order valence-corrected chi connectivity index (χ1v) is 10.1. The highest BCUT2D eigenvalue weighted by Crippen LogP contribution is 2.33. The zero-order valence-corrected chi connectivity index (χ0v) is 18.4. The summed E-state index contributed by atoms with van der Waals surface area (Å²) in [5.74, 6) is 0.451. The molecule has 4 aromatic rings. The summed E-state index contributed by atoms with van der Waals surface area (Å²) in [5.41, 5.74) is 3.79. The standard InChI is InChI=1S/C25H23N5O2/c1-25(2,16-26)18-5-7-19(8-6-18)30-21(15-29(3)24(30)31)23-20(9-10-22(28-23)32-4)17-11-13-27-14-12-17/h5-15H,1-4H3. The number of pyridine rings is 2. The highest BCUT2D eigenvalue weighted by atomic mass is 16.5. The number of imidazole rings is 1. The molecule has 3 heterocycles. The van der Waals surface area contributed by atoms with E-state index in [2.05, 4.69) is 16.0 Å². The molecule has 0 N–H and O–H groups in total. The van der Waals surface area contributed by atoms with Crippen molar-refractivity contribution in [1.29, 1.82) is 5.26 Å². The number of nitriles is 1. The zero-order valence-electron chi connectivity index (χ0n) is 18.4. The topological polar surface area (TPSA) is 85.7 Å². The molecule has 4 rings (SSSR count). The van der Waals surface area contributed by atoms with Gasteiger partial charge in [0, 0.05) is 37.3 Å². The van der Waals surface area contributed by atoms with Crippen LogP contribution in [0.5, 0.6) is 5.88 Å². The zero-order chi connectivity index (χ0) is 22.9. The van der Waals surface area contributed by atoms with Crippen molar-refractivity contribution in [2.75, 3.05) is 7.11 Å². The molecular formula is C25H23N5O2. The fraction of sp³-hybridized carbons (Fsp3) is 0.200. The van der Waals surface area contributed by atoms with E-state index in [9.17, 15) is 10.1 Å². The summed E-state index contributed by atoms with van der Waals surface area (Å²) >= 11 is 0. The summed E-state index contributed by atoms with van der Waals surface area (Å²) < 4.78 is 8.52. The second kappa shape index (κ2) is 8.16. The summed E-state index contributed by atoms with van der Waals surface area (Å²) in [7, 11) is 3.27. The molecular weight excluding hydrogens is 402 g/mol. The van der Waals surface area contributed by atoms with E-state index in [1.54, 1.807) is 43.4 Å². The maximum Gasteiger partial charge on any atom is 0.333 e. The minimum atomic E-state index is -0.619. The Kier molecular flexibility index (Phi) is 5.37. The van der Waals surface area contributed by atoms with Gasteiger partial charge in [-0.25, -0.2) is 9.78 Å². The number of nitrogens with zero attached hydrogens (tertiary/aromatic N) is 5. The minimum Gasteiger partial charge on any atom is -0.481 e. The molecule has 1 aromatic carbocycles. The maximum absolute atomic E-state index is 13.1. The number of ether oxygens (including phenoxy) is 1. The smallest absolute Gasteiger partial charge is 0.333 e. The highest BCUT2D eigenvalue weighted by molar-refractivity contribution is 5.80. The molecule has 0 atom stereocenters. The Morgan fingerprint density at radius 1 is 1.03 bits per heavy atom. The predicted octanol–water partition coefficient (Wildman–Crippen LogP) is 4.11. The molecule has 0 radical (unpaired) electrons.